The van der Waals surface area contributed by atoms with E-state index in [1.807, 2.05) is 6.92 Å². The fraction of sp³-hybridized carbons (Fsp3) is 0.833. The molecule has 0 heterocycles. The highest BCUT2D eigenvalue weighted by atomic mass is 16.4. The van der Waals surface area contributed by atoms with Crippen molar-refractivity contribution in [2.75, 3.05) is 0 Å². The van der Waals surface area contributed by atoms with E-state index >= 15 is 0 Å². The fourth-order valence-electron chi connectivity index (χ4n) is 2.46. The van der Waals surface area contributed by atoms with Crippen molar-refractivity contribution in [2.45, 2.75) is 47.5 Å². The fourth-order valence-corrected chi connectivity index (χ4v) is 2.46. The Balaban J connectivity index is 5.62. The number of carbonyl (C=O) groups is 2. The number of carboxylic acid groups (broad SMARTS) is 2. The highest BCUT2D eigenvalue weighted by Crippen LogP contribution is 2.48. The molecule has 2 atom stereocenters. The van der Waals surface area contributed by atoms with Crippen LogP contribution in [-0.4, -0.2) is 22.2 Å². The van der Waals surface area contributed by atoms with Crippen LogP contribution in [0.15, 0.2) is 0 Å². The Morgan fingerprint density at radius 3 is 1.81 bits per heavy atom. The second-order valence-corrected chi connectivity index (χ2v) is 5.34. The monoisotopic (exact) mass is 230 g/mol. The topological polar surface area (TPSA) is 74.6 Å². The quantitative estimate of drug-likeness (QED) is 0.761. The first kappa shape index (κ1) is 14.9. The molecule has 0 aliphatic carbocycles. The molecule has 0 saturated carbocycles. The number of aliphatic carboxylic acids is 2. The maximum atomic E-state index is 11.5. The van der Waals surface area contributed by atoms with E-state index in [1.54, 1.807) is 20.8 Å². The van der Waals surface area contributed by atoms with Gasteiger partial charge in [-0.1, -0.05) is 41.0 Å². The van der Waals surface area contributed by atoms with Crippen LogP contribution < -0.4 is 0 Å². The summed E-state index contributed by atoms with van der Waals surface area (Å²) >= 11 is 0. The van der Waals surface area contributed by atoms with Gasteiger partial charge in [0.25, 0.3) is 0 Å². The van der Waals surface area contributed by atoms with Gasteiger partial charge in [0.2, 0.25) is 0 Å². The summed E-state index contributed by atoms with van der Waals surface area (Å²) in [7, 11) is 0. The first-order valence-corrected chi connectivity index (χ1v) is 5.57. The smallest absolute Gasteiger partial charge is 0.311 e. The van der Waals surface area contributed by atoms with E-state index in [9.17, 15) is 14.7 Å². The maximum Gasteiger partial charge on any atom is 0.311 e. The molecule has 94 valence electrons. The number of hydrogen-bond donors (Lipinski definition) is 2. The van der Waals surface area contributed by atoms with Crippen molar-refractivity contribution < 1.29 is 19.8 Å². The van der Waals surface area contributed by atoms with Gasteiger partial charge in [-0.05, 0) is 11.8 Å². The highest BCUT2D eigenvalue weighted by Gasteiger charge is 2.54. The summed E-state index contributed by atoms with van der Waals surface area (Å²) in [5.41, 5.74) is -1.81. The van der Waals surface area contributed by atoms with Gasteiger partial charge in [-0.2, -0.15) is 0 Å². The highest BCUT2D eigenvalue weighted by molar-refractivity contribution is 5.84. The largest absolute Gasteiger partial charge is 0.481 e. The van der Waals surface area contributed by atoms with Gasteiger partial charge in [0.05, 0.1) is 11.3 Å². The zero-order chi connectivity index (χ0) is 13.1. The molecule has 2 unspecified atom stereocenters. The van der Waals surface area contributed by atoms with E-state index in [0.29, 0.717) is 12.8 Å². The Labute approximate surface area is 96.7 Å². The van der Waals surface area contributed by atoms with Crippen LogP contribution in [0, 0.1) is 16.7 Å². The predicted molar refractivity (Wildman–Crippen MR) is 61.2 cm³/mol. The van der Waals surface area contributed by atoms with Crippen molar-refractivity contribution in [2.24, 2.45) is 16.7 Å². The summed E-state index contributed by atoms with van der Waals surface area (Å²) in [4.78, 5) is 22.6. The summed E-state index contributed by atoms with van der Waals surface area (Å²) in [5.74, 6) is -2.97. The van der Waals surface area contributed by atoms with Gasteiger partial charge >= 0.3 is 11.9 Å². The molecule has 4 heteroatoms. The average Bonchev–Trinajstić information content (AvgIpc) is 2.10. The zero-order valence-corrected chi connectivity index (χ0v) is 10.7. The molecule has 0 amide bonds. The molecule has 0 aromatic heterocycles. The van der Waals surface area contributed by atoms with Crippen molar-refractivity contribution >= 4 is 11.9 Å². The summed E-state index contributed by atoms with van der Waals surface area (Å²) < 4.78 is 0. The van der Waals surface area contributed by atoms with E-state index in [-0.39, 0.29) is 0 Å². The van der Waals surface area contributed by atoms with Crippen molar-refractivity contribution in [1.82, 2.24) is 0 Å². The number of hydrogen-bond acceptors (Lipinski definition) is 2. The molecule has 0 radical (unpaired) electrons. The molecular formula is C12H22O4. The number of carboxylic acids is 2. The van der Waals surface area contributed by atoms with Crippen LogP contribution in [0.3, 0.4) is 0 Å². The molecule has 0 saturated heterocycles. The lowest BCUT2D eigenvalue weighted by Crippen LogP contribution is -2.50. The first-order valence-electron chi connectivity index (χ1n) is 5.57. The van der Waals surface area contributed by atoms with Gasteiger partial charge in [-0.3, -0.25) is 9.59 Å². The Morgan fingerprint density at radius 2 is 1.62 bits per heavy atom. The van der Waals surface area contributed by atoms with E-state index < -0.39 is 28.7 Å². The molecule has 0 aliphatic rings. The molecule has 0 fully saturated rings. The van der Waals surface area contributed by atoms with Crippen LogP contribution in [0.2, 0.25) is 0 Å². The molecule has 0 aromatic carbocycles. The number of rotatable bonds is 5. The Morgan fingerprint density at radius 1 is 1.19 bits per heavy atom. The van der Waals surface area contributed by atoms with Crippen molar-refractivity contribution in [3.8, 4) is 0 Å². The lowest BCUT2D eigenvalue weighted by Gasteiger charge is -2.44. The van der Waals surface area contributed by atoms with E-state index in [2.05, 4.69) is 0 Å². The molecule has 0 bridgehead atoms. The summed E-state index contributed by atoms with van der Waals surface area (Å²) in [6.07, 6.45) is 1.03. The van der Waals surface area contributed by atoms with Gasteiger partial charge in [0.1, 0.15) is 0 Å². The van der Waals surface area contributed by atoms with E-state index in [0.717, 1.165) is 0 Å². The van der Waals surface area contributed by atoms with Crippen molar-refractivity contribution in [1.29, 1.82) is 0 Å². The third-order valence-corrected chi connectivity index (χ3v) is 3.47. The van der Waals surface area contributed by atoms with Gasteiger partial charge in [0.15, 0.2) is 0 Å². The lowest BCUT2D eigenvalue weighted by molar-refractivity contribution is -0.172. The lowest BCUT2D eigenvalue weighted by atomic mass is 9.58. The van der Waals surface area contributed by atoms with Crippen LogP contribution >= 0.6 is 0 Å². The second-order valence-electron chi connectivity index (χ2n) is 5.34. The minimum atomic E-state index is -1.21. The van der Waals surface area contributed by atoms with Gasteiger partial charge in [0, 0.05) is 0 Å². The summed E-state index contributed by atoms with van der Waals surface area (Å²) in [6, 6.07) is 0. The average molecular weight is 230 g/mol. The molecule has 4 nitrogen and oxygen atoms in total. The van der Waals surface area contributed by atoms with Crippen LogP contribution in [0.1, 0.15) is 47.5 Å². The molecule has 0 spiro atoms. The van der Waals surface area contributed by atoms with E-state index in [1.165, 1.54) is 6.92 Å². The molecule has 0 rings (SSSR count). The van der Waals surface area contributed by atoms with Gasteiger partial charge in [-0.25, -0.2) is 0 Å². The minimum absolute atomic E-state index is 0.374. The van der Waals surface area contributed by atoms with Crippen molar-refractivity contribution in [3.05, 3.63) is 0 Å². The molecule has 16 heavy (non-hydrogen) atoms. The molecule has 0 aromatic rings. The minimum Gasteiger partial charge on any atom is -0.481 e. The maximum absolute atomic E-state index is 11.5. The van der Waals surface area contributed by atoms with Gasteiger partial charge in [-0.15, -0.1) is 0 Å². The second kappa shape index (κ2) is 4.85. The van der Waals surface area contributed by atoms with Crippen LogP contribution in [0.25, 0.3) is 0 Å². The van der Waals surface area contributed by atoms with Crippen molar-refractivity contribution in [3.63, 3.8) is 0 Å². The molecule has 2 N–H and O–H groups in total. The van der Waals surface area contributed by atoms with E-state index in [4.69, 9.17) is 5.11 Å². The third kappa shape index (κ3) is 2.36. The normalized spacial score (nSPS) is 17.6. The zero-order valence-electron chi connectivity index (χ0n) is 10.7. The summed E-state index contributed by atoms with van der Waals surface area (Å²) in [5, 5.41) is 18.5. The third-order valence-electron chi connectivity index (χ3n) is 3.47. The SMILES string of the molecule is CCCC(C(=O)O)(C(C)C(=O)O)C(C)(C)C. The first-order chi connectivity index (χ1) is 7.11. The van der Waals surface area contributed by atoms with Crippen LogP contribution in [-0.2, 0) is 9.59 Å². The predicted octanol–water partition coefficient (Wildman–Crippen LogP) is 2.62. The van der Waals surface area contributed by atoms with Crippen LogP contribution in [0.5, 0.6) is 0 Å². The summed E-state index contributed by atoms with van der Waals surface area (Å²) in [6.45, 7) is 8.72. The standard InChI is InChI=1S/C12H22O4/c1-6-7-12(10(15)16,11(3,4)5)8(2)9(13)14/h8H,6-7H2,1-5H3,(H,13,14)(H,15,16). The molecule has 0 aliphatic heterocycles. The molecular weight excluding hydrogens is 208 g/mol. The van der Waals surface area contributed by atoms with Gasteiger partial charge < -0.3 is 10.2 Å². The Kier molecular flexibility index (Phi) is 4.53. The Hall–Kier alpha value is -1.06. The van der Waals surface area contributed by atoms with Crippen LogP contribution in [0.4, 0.5) is 0 Å². The Bertz CT molecular complexity index is 277.